The summed E-state index contributed by atoms with van der Waals surface area (Å²) >= 11 is 0. The van der Waals surface area contributed by atoms with E-state index in [9.17, 15) is 14.7 Å². The van der Waals surface area contributed by atoms with Crippen molar-refractivity contribution < 1.29 is 19.4 Å². The van der Waals surface area contributed by atoms with E-state index in [0.717, 1.165) is 0 Å². The molecule has 6 nitrogen and oxygen atoms in total. The standard InChI is InChI=1S/C15H18N2O4/c1-2-10-21-15(20)17-8-6-16(7-9-17)14(19)12-4-3-5-13(18)11-12/h2-5,11,18H,1,6-10H2. The summed E-state index contributed by atoms with van der Waals surface area (Å²) in [4.78, 5) is 27.2. The fraction of sp³-hybridized carbons (Fsp3) is 0.333. The van der Waals surface area contributed by atoms with Crippen LogP contribution in [-0.4, -0.2) is 59.7 Å². The molecule has 2 amide bonds. The van der Waals surface area contributed by atoms with E-state index in [2.05, 4.69) is 6.58 Å². The summed E-state index contributed by atoms with van der Waals surface area (Å²) in [6, 6.07) is 6.25. The van der Waals surface area contributed by atoms with Crippen LogP contribution < -0.4 is 0 Å². The van der Waals surface area contributed by atoms with Crippen LogP contribution >= 0.6 is 0 Å². The van der Waals surface area contributed by atoms with Gasteiger partial charge < -0.3 is 19.6 Å². The molecule has 112 valence electrons. The molecule has 6 heteroatoms. The molecule has 0 bridgehead atoms. The van der Waals surface area contributed by atoms with Crippen LogP contribution in [0.3, 0.4) is 0 Å². The SMILES string of the molecule is C=CCOC(=O)N1CCN(C(=O)c2cccc(O)c2)CC1. The lowest BCUT2D eigenvalue weighted by molar-refractivity contribution is 0.0580. The molecule has 0 aliphatic carbocycles. The van der Waals surface area contributed by atoms with Gasteiger partial charge in [-0.05, 0) is 18.2 Å². The highest BCUT2D eigenvalue weighted by Crippen LogP contribution is 2.14. The van der Waals surface area contributed by atoms with E-state index in [1.807, 2.05) is 0 Å². The van der Waals surface area contributed by atoms with Crippen LogP contribution in [0.25, 0.3) is 0 Å². The number of hydrogen-bond acceptors (Lipinski definition) is 4. The number of carbonyl (C=O) groups is 2. The number of phenols is 1. The molecule has 0 unspecified atom stereocenters. The molecule has 1 saturated heterocycles. The zero-order valence-corrected chi connectivity index (χ0v) is 11.7. The number of aromatic hydroxyl groups is 1. The maximum atomic E-state index is 12.3. The van der Waals surface area contributed by atoms with Crippen molar-refractivity contribution in [3.63, 3.8) is 0 Å². The number of carbonyl (C=O) groups excluding carboxylic acids is 2. The lowest BCUT2D eigenvalue weighted by Crippen LogP contribution is -2.50. The van der Waals surface area contributed by atoms with Crippen LogP contribution in [0.2, 0.25) is 0 Å². The van der Waals surface area contributed by atoms with Gasteiger partial charge in [-0.2, -0.15) is 0 Å². The zero-order chi connectivity index (χ0) is 15.2. The van der Waals surface area contributed by atoms with Crippen molar-refractivity contribution in [2.75, 3.05) is 32.8 Å². The zero-order valence-electron chi connectivity index (χ0n) is 11.7. The first-order valence-electron chi connectivity index (χ1n) is 6.72. The minimum atomic E-state index is -0.389. The fourth-order valence-corrected chi connectivity index (χ4v) is 2.14. The molecule has 0 saturated carbocycles. The van der Waals surface area contributed by atoms with Gasteiger partial charge in [-0.1, -0.05) is 18.7 Å². The molecule has 1 aliphatic rings. The van der Waals surface area contributed by atoms with Crippen molar-refractivity contribution >= 4 is 12.0 Å². The van der Waals surface area contributed by atoms with Crippen LogP contribution in [0.4, 0.5) is 4.79 Å². The molecule has 0 radical (unpaired) electrons. The molecule has 2 rings (SSSR count). The van der Waals surface area contributed by atoms with Crippen molar-refractivity contribution in [1.29, 1.82) is 0 Å². The summed E-state index contributed by atoms with van der Waals surface area (Å²) in [7, 11) is 0. The van der Waals surface area contributed by atoms with Crippen molar-refractivity contribution in [1.82, 2.24) is 9.80 Å². The van der Waals surface area contributed by atoms with Gasteiger partial charge in [0.25, 0.3) is 5.91 Å². The monoisotopic (exact) mass is 290 g/mol. The normalized spacial score (nSPS) is 14.7. The second-order valence-electron chi connectivity index (χ2n) is 4.70. The first-order chi connectivity index (χ1) is 10.1. The van der Waals surface area contributed by atoms with Gasteiger partial charge in [-0.15, -0.1) is 0 Å². The minimum Gasteiger partial charge on any atom is -0.508 e. The second kappa shape index (κ2) is 6.78. The number of hydrogen-bond donors (Lipinski definition) is 1. The highest BCUT2D eigenvalue weighted by atomic mass is 16.6. The molecule has 1 heterocycles. The molecule has 0 atom stereocenters. The van der Waals surface area contributed by atoms with Crippen LogP contribution in [0, 0.1) is 0 Å². The topological polar surface area (TPSA) is 70.1 Å². The summed E-state index contributed by atoms with van der Waals surface area (Å²) in [6.07, 6.45) is 1.12. The minimum absolute atomic E-state index is 0.0625. The molecule has 1 fully saturated rings. The van der Waals surface area contributed by atoms with E-state index in [0.29, 0.717) is 31.7 Å². The number of amides is 2. The highest BCUT2D eigenvalue weighted by Gasteiger charge is 2.25. The molecule has 0 spiro atoms. The number of piperazine rings is 1. The smallest absolute Gasteiger partial charge is 0.410 e. The van der Waals surface area contributed by atoms with Gasteiger partial charge in [0.2, 0.25) is 0 Å². The van der Waals surface area contributed by atoms with Crippen molar-refractivity contribution in [3.8, 4) is 5.75 Å². The maximum Gasteiger partial charge on any atom is 0.410 e. The van der Waals surface area contributed by atoms with Gasteiger partial charge in [0.05, 0.1) is 0 Å². The Morgan fingerprint density at radius 2 is 1.90 bits per heavy atom. The van der Waals surface area contributed by atoms with E-state index in [1.165, 1.54) is 18.2 Å². The van der Waals surface area contributed by atoms with Gasteiger partial charge >= 0.3 is 6.09 Å². The van der Waals surface area contributed by atoms with E-state index in [1.54, 1.807) is 21.9 Å². The summed E-state index contributed by atoms with van der Waals surface area (Å²) in [6.45, 7) is 5.41. The van der Waals surface area contributed by atoms with E-state index < -0.39 is 0 Å². The van der Waals surface area contributed by atoms with Gasteiger partial charge in [0, 0.05) is 31.7 Å². The molecule has 21 heavy (non-hydrogen) atoms. The number of benzene rings is 1. The van der Waals surface area contributed by atoms with Gasteiger partial charge in [0.1, 0.15) is 12.4 Å². The molecule has 1 aliphatic heterocycles. The third-order valence-corrected chi connectivity index (χ3v) is 3.24. The summed E-state index contributed by atoms with van der Waals surface area (Å²) in [5.41, 5.74) is 0.442. The number of nitrogens with zero attached hydrogens (tertiary/aromatic N) is 2. The molecule has 1 aromatic carbocycles. The first kappa shape index (κ1) is 14.9. The van der Waals surface area contributed by atoms with Crippen LogP contribution in [-0.2, 0) is 4.74 Å². The largest absolute Gasteiger partial charge is 0.508 e. The Morgan fingerprint density at radius 3 is 2.52 bits per heavy atom. The lowest BCUT2D eigenvalue weighted by atomic mass is 10.1. The predicted octanol–water partition coefficient (Wildman–Crippen LogP) is 1.47. The van der Waals surface area contributed by atoms with Crippen LogP contribution in [0.5, 0.6) is 5.75 Å². The molecule has 1 aromatic rings. The molecular weight excluding hydrogens is 272 g/mol. The van der Waals surface area contributed by atoms with Gasteiger partial charge in [-0.3, -0.25) is 4.79 Å². The van der Waals surface area contributed by atoms with Crippen LogP contribution in [0.15, 0.2) is 36.9 Å². The number of phenolic OH excluding ortho intramolecular Hbond substituents is 1. The molecule has 1 N–H and O–H groups in total. The number of rotatable bonds is 3. The Kier molecular flexibility index (Phi) is 4.81. The molecular formula is C15H18N2O4. The van der Waals surface area contributed by atoms with Gasteiger partial charge in [0.15, 0.2) is 0 Å². The third-order valence-electron chi connectivity index (χ3n) is 3.24. The summed E-state index contributed by atoms with van der Waals surface area (Å²) in [5, 5.41) is 9.41. The Bertz CT molecular complexity index is 536. The van der Waals surface area contributed by atoms with Crippen molar-refractivity contribution in [2.24, 2.45) is 0 Å². The Hall–Kier alpha value is -2.50. The average Bonchev–Trinajstić information content (AvgIpc) is 2.52. The number of ether oxygens (including phenoxy) is 1. The Labute approximate surface area is 123 Å². The Balaban J connectivity index is 1.90. The quantitative estimate of drug-likeness (QED) is 0.856. The van der Waals surface area contributed by atoms with E-state index in [4.69, 9.17) is 4.74 Å². The summed E-state index contributed by atoms with van der Waals surface area (Å²) in [5.74, 6) is -0.0857. The maximum absolute atomic E-state index is 12.3. The van der Waals surface area contributed by atoms with E-state index >= 15 is 0 Å². The first-order valence-corrected chi connectivity index (χ1v) is 6.72. The second-order valence-corrected chi connectivity index (χ2v) is 4.70. The van der Waals surface area contributed by atoms with Gasteiger partial charge in [-0.25, -0.2) is 4.79 Å². The van der Waals surface area contributed by atoms with Crippen molar-refractivity contribution in [3.05, 3.63) is 42.5 Å². The fourth-order valence-electron chi connectivity index (χ4n) is 2.14. The van der Waals surface area contributed by atoms with E-state index in [-0.39, 0.29) is 24.4 Å². The highest BCUT2D eigenvalue weighted by molar-refractivity contribution is 5.94. The lowest BCUT2D eigenvalue weighted by Gasteiger charge is -2.34. The Morgan fingerprint density at radius 1 is 1.24 bits per heavy atom. The average molecular weight is 290 g/mol. The van der Waals surface area contributed by atoms with Crippen LogP contribution in [0.1, 0.15) is 10.4 Å². The predicted molar refractivity (Wildman–Crippen MR) is 77.1 cm³/mol. The molecule has 0 aromatic heterocycles. The van der Waals surface area contributed by atoms with Crippen molar-refractivity contribution in [2.45, 2.75) is 0 Å². The third kappa shape index (κ3) is 3.75. The summed E-state index contributed by atoms with van der Waals surface area (Å²) < 4.78 is 4.96.